The van der Waals surface area contributed by atoms with E-state index in [1.165, 1.54) is 7.05 Å². The quantitative estimate of drug-likeness (QED) is 0.664. The molecule has 7 nitrogen and oxygen atoms in total. The van der Waals surface area contributed by atoms with Gasteiger partial charge in [0, 0.05) is 26.7 Å². The molecule has 0 saturated carbocycles. The third-order valence-corrected chi connectivity index (χ3v) is 2.64. The van der Waals surface area contributed by atoms with E-state index < -0.39 is 35.7 Å². The van der Waals surface area contributed by atoms with E-state index in [2.05, 4.69) is 10.3 Å². The molecule has 0 aromatic carbocycles. The van der Waals surface area contributed by atoms with Crippen molar-refractivity contribution < 1.29 is 22.9 Å². The largest absolute Gasteiger partial charge is 0.390 e. The number of nitrogens with zero attached hydrogens (tertiary/aromatic N) is 3. The second-order valence-electron chi connectivity index (χ2n) is 4.19. The number of rotatable bonds is 5. The fraction of sp³-hybridized carbons (Fsp3) is 0.455. The number of carbonyl (C=O) groups excluding carboxylic acids is 1. The fourth-order valence-electron chi connectivity index (χ4n) is 1.50. The SMILES string of the molecule is CNc1cc(C(=O)N(C)CCC(F)(F)F)c([N+](=O)[O-])cn1. The zero-order valence-corrected chi connectivity index (χ0v) is 11.3. The molecule has 1 amide bonds. The predicted octanol–water partition coefficient (Wildman–Crippen LogP) is 2.06. The molecule has 1 aromatic rings. The Balaban J connectivity index is 3.02. The lowest BCUT2D eigenvalue weighted by atomic mass is 10.2. The number of pyridine rings is 1. The number of halogens is 3. The molecule has 116 valence electrons. The molecular weight excluding hydrogens is 293 g/mol. The average molecular weight is 306 g/mol. The van der Waals surface area contributed by atoms with Crippen LogP contribution in [-0.2, 0) is 0 Å². The molecule has 0 unspecified atom stereocenters. The Morgan fingerprint density at radius 2 is 2.14 bits per heavy atom. The molecule has 0 aliphatic rings. The predicted molar refractivity (Wildman–Crippen MR) is 68.1 cm³/mol. The van der Waals surface area contributed by atoms with E-state index in [-0.39, 0.29) is 11.4 Å². The lowest BCUT2D eigenvalue weighted by Gasteiger charge is -2.18. The molecule has 1 rings (SSSR count). The first-order valence-electron chi connectivity index (χ1n) is 5.80. The third-order valence-electron chi connectivity index (χ3n) is 2.64. The highest BCUT2D eigenvalue weighted by Crippen LogP contribution is 2.23. The van der Waals surface area contributed by atoms with Crippen LogP contribution in [0.5, 0.6) is 0 Å². The standard InChI is InChI=1S/C11H13F3N4O3/c1-15-9-5-7(8(6-16-9)18(20)21)10(19)17(2)4-3-11(12,13)14/h5-6H,3-4H2,1-2H3,(H,15,16). The first-order valence-corrected chi connectivity index (χ1v) is 5.80. The highest BCUT2D eigenvalue weighted by atomic mass is 19.4. The molecule has 0 spiro atoms. The molecule has 21 heavy (non-hydrogen) atoms. The molecule has 0 bridgehead atoms. The van der Waals surface area contributed by atoms with Crippen molar-refractivity contribution in [1.29, 1.82) is 0 Å². The van der Waals surface area contributed by atoms with E-state index in [1.54, 1.807) is 0 Å². The lowest BCUT2D eigenvalue weighted by molar-refractivity contribution is -0.385. The van der Waals surface area contributed by atoms with Crippen molar-refractivity contribution in [2.45, 2.75) is 12.6 Å². The van der Waals surface area contributed by atoms with Crippen LogP contribution in [-0.4, -0.2) is 47.5 Å². The summed E-state index contributed by atoms with van der Waals surface area (Å²) >= 11 is 0. The van der Waals surface area contributed by atoms with E-state index in [0.29, 0.717) is 0 Å². The summed E-state index contributed by atoms with van der Waals surface area (Å²) < 4.78 is 36.4. The average Bonchev–Trinajstić information content (AvgIpc) is 2.42. The van der Waals surface area contributed by atoms with Crippen LogP contribution in [0.4, 0.5) is 24.7 Å². The summed E-state index contributed by atoms with van der Waals surface area (Å²) in [4.78, 5) is 26.6. The summed E-state index contributed by atoms with van der Waals surface area (Å²) in [7, 11) is 2.65. The Morgan fingerprint density at radius 1 is 1.52 bits per heavy atom. The van der Waals surface area contributed by atoms with Crippen LogP contribution in [0.3, 0.4) is 0 Å². The van der Waals surface area contributed by atoms with Gasteiger partial charge in [-0.25, -0.2) is 4.98 Å². The van der Waals surface area contributed by atoms with Gasteiger partial charge in [-0.05, 0) is 0 Å². The number of carbonyl (C=O) groups is 1. The molecule has 0 saturated heterocycles. The Bertz CT molecular complexity index is 548. The molecule has 10 heteroatoms. The van der Waals surface area contributed by atoms with Gasteiger partial charge in [-0.1, -0.05) is 0 Å². The summed E-state index contributed by atoms with van der Waals surface area (Å²) in [6.45, 7) is -0.587. The maximum atomic E-state index is 12.1. The summed E-state index contributed by atoms with van der Waals surface area (Å²) in [6, 6.07) is 1.13. The minimum absolute atomic E-state index is 0.202. The highest BCUT2D eigenvalue weighted by molar-refractivity contribution is 5.98. The van der Waals surface area contributed by atoms with Crippen molar-refractivity contribution in [3.05, 3.63) is 27.9 Å². The van der Waals surface area contributed by atoms with Crippen molar-refractivity contribution in [3.8, 4) is 0 Å². The number of hydrogen-bond acceptors (Lipinski definition) is 5. The number of nitrogens with one attached hydrogen (secondary N) is 1. The third kappa shape index (κ3) is 4.58. The number of anilines is 1. The molecule has 1 heterocycles. The zero-order chi connectivity index (χ0) is 16.2. The van der Waals surface area contributed by atoms with Gasteiger partial charge in [0.05, 0.1) is 11.3 Å². The number of amides is 1. The van der Waals surface area contributed by atoms with Gasteiger partial charge in [-0.3, -0.25) is 14.9 Å². The van der Waals surface area contributed by atoms with Crippen molar-refractivity contribution >= 4 is 17.4 Å². The van der Waals surface area contributed by atoms with Crippen LogP contribution >= 0.6 is 0 Å². The van der Waals surface area contributed by atoms with Gasteiger partial charge in [0.25, 0.3) is 11.6 Å². The Kier molecular flexibility index (Phi) is 5.06. The van der Waals surface area contributed by atoms with Crippen LogP contribution in [0.15, 0.2) is 12.3 Å². The number of nitro groups is 1. The highest BCUT2D eigenvalue weighted by Gasteiger charge is 2.30. The van der Waals surface area contributed by atoms with Gasteiger partial charge in [0.2, 0.25) is 0 Å². The van der Waals surface area contributed by atoms with Crippen LogP contribution < -0.4 is 5.32 Å². The van der Waals surface area contributed by atoms with Crippen molar-refractivity contribution in [2.75, 3.05) is 26.0 Å². The van der Waals surface area contributed by atoms with Crippen LogP contribution in [0.25, 0.3) is 0 Å². The Hall–Kier alpha value is -2.39. The van der Waals surface area contributed by atoms with Gasteiger partial charge >= 0.3 is 6.18 Å². The molecule has 0 aliphatic carbocycles. The molecule has 1 aromatic heterocycles. The number of hydrogen-bond donors (Lipinski definition) is 1. The lowest BCUT2D eigenvalue weighted by Crippen LogP contribution is -2.31. The van der Waals surface area contributed by atoms with Crippen molar-refractivity contribution in [2.24, 2.45) is 0 Å². The topological polar surface area (TPSA) is 88.4 Å². The van der Waals surface area contributed by atoms with E-state index in [1.807, 2.05) is 0 Å². The van der Waals surface area contributed by atoms with E-state index in [9.17, 15) is 28.1 Å². The number of aromatic nitrogens is 1. The van der Waals surface area contributed by atoms with Gasteiger partial charge in [-0.15, -0.1) is 0 Å². The monoisotopic (exact) mass is 306 g/mol. The molecular formula is C11H13F3N4O3. The van der Waals surface area contributed by atoms with Crippen molar-refractivity contribution in [1.82, 2.24) is 9.88 Å². The molecule has 0 fully saturated rings. The summed E-state index contributed by atoms with van der Waals surface area (Å²) in [5.74, 6) is -0.668. The van der Waals surface area contributed by atoms with Crippen LogP contribution in [0.2, 0.25) is 0 Å². The first kappa shape index (κ1) is 16.7. The maximum absolute atomic E-state index is 12.1. The Labute approximate surface area is 117 Å². The number of alkyl halides is 3. The molecule has 0 aliphatic heterocycles. The minimum Gasteiger partial charge on any atom is -0.373 e. The summed E-state index contributed by atoms with van der Waals surface area (Å²) in [6.07, 6.45) is -4.71. The van der Waals surface area contributed by atoms with E-state index >= 15 is 0 Å². The zero-order valence-electron chi connectivity index (χ0n) is 11.3. The smallest absolute Gasteiger partial charge is 0.373 e. The van der Waals surface area contributed by atoms with Crippen LogP contribution in [0, 0.1) is 10.1 Å². The second kappa shape index (κ2) is 6.37. The first-order chi connectivity index (χ1) is 9.65. The molecule has 1 N–H and O–H groups in total. The Morgan fingerprint density at radius 3 is 2.62 bits per heavy atom. The minimum atomic E-state index is -4.41. The van der Waals surface area contributed by atoms with Gasteiger partial charge < -0.3 is 10.2 Å². The van der Waals surface area contributed by atoms with E-state index in [4.69, 9.17) is 0 Å². The van der Waals surface area contributed by atoms with E-state index in [0.717, 1.165) is 24.2 Å². The van der Waals surface area contributed by atoms with Gasteiger partial charge in [0.15, 0.2) is 0 Å². The van der Waals surface area contributed by atoms with Crippen LogP contribution in [0.1, 0.15) is 16.8 Å². The van der Waals surface area contributed by atoms with Gasteiger partial charge in [0.1, 0.15) is 17.6 Å². The van der Waals surface area contributed by atoms with Crippen molar-refractivity contribution in [3.63, 3.8) is 0 Å². The second-order valence-corrected chi connectivity index (χ2v) is 4.19. The van der Waals surface area contributed by atoms with Gasteiger partial charge in [-0.2, -0.15) is 13.2 Å². The fourth-order valence-corrected chi connectivity index (χ4v) is 1.50. The normalized spacial score (nSPS) is 11.1. The summed E-state index contributed by atoms with van der Waals surface area (Å²) in [5.41, 5.74) is -0.873. The summed E-state index contributed by atoms with van der Waals surface area (Å²) in [5, 5.41) is 13.5. The molecule has 0 atom stereocenters. The molecule has 0 radical (unpaired) electrons. The maximum Gasteiger partial charge on any atom is 0.390 e.